The van der Waals surface area contributed by atoms with Crippen molar-refractivity contribution < 1.29 is 0 Å². The highest BCUT2D eigenvalue weighted by Gasteiger charge is 2.11. The fraction of sp³-hybridized carbons (Fsp3) is 0.769. The normalized spacial score (nSPS) is 14.1. The lowest BCUT2D eigenvalue weighted by Gasteiger charge is -2.23. The molecule has 0 saturated heterocycles. The van der Waals surface area contributed by atoms with Crippen LogP contribution in [-0.4, -0.2) is 17.1 Å². The minimum Gasteiger partial charge on any atom is -0.312 e. The number of nitrogens with one attached hydrogen (secondary N) is 1. The van der Waals surface area contributed by atoms with Crippen molar-refractivity contribution in [2.75, 3.05) is 6.54 Å². The first-order valence-electron chi connectivity index (χ1n) is 6.03. The molecule has 3 heteroatoms. The predicted octanol–water partition coefficient (Wildman–Crippen LogP) is 3.41. The van der Waals surface area contributed by atoms with Crippen LogP contribution in [0, 0.1) is 12.8 Å². The van der Waals surface area contributed by atoms with Crippen molar-refractivity contribution in [3.63, 3.8) is 0 Å². The summed E-state index contributed by atoms with van der Waals surface area (Å²) in [6, 6.07) is 0. The van der Waals surface area contributed by atoms with Crippen LogP contribution >= 0.6 is 11.3 Å². The van der Waals surface area contributed by atoms with Crippen molar-refractivity contribution in [2.45, 2.75) is 53.0 Å². The largest absolute Gasteiger partial charge is 0.312 e. The Morgan fingerprint density at radius 3 is 2.62 bits per heavy atom. The number of hydrogen-bond acceptors (Lipinski definition) is 3. The molecule has 0 saturated carbocycles. The Bertz CT molecular complexity index is 312. The molecule has 92 valence electrons. The van der Waals surface area contributed by atoms with Crippen molar-refractivity contribution >= 4 is 11.3 Å². The van der Waals surface area contributed by atoms with Crippen LogP contribution in [0.5, 0.6) is 0 Å². The molecule has 0 bridgehead atoms. The summed E-state index contributed by atoms with van der Waals surface area (Å²) in [6.07, 6.45) is 2.33. The maximum Gasteiger partial charge on any atom is 0.0928 e. The molecule has 1 aromatic heterocycles. The average molecular weight is 240 g/mol. The zero-order valence-corrected chi connectivity index (χ0v) is 11.9. The van der Waals surface area contributed by atoms with Gasteiger partial charge in [0.05, 0.1) is 5.01 Å². The Morgan fingerprint density at radius 2 is 2.12 bits per heavy atom. The summed E-state index contributed by atoms with van der Waals surface area (Å²) in [5, 5.41) is 6.96. The molecule has 16 heavy (non-hydrogen) atoms. The van der Waals surface area contributed by atoms with Crippen molar-refractivity contribution in [3.05, 3.63) is 16.1 Å². The summed E-state index contributed by atoms with van der Waals surface area (Å²) in [5.74, 6) is 0.712. The lowest BCUT2D eigenvalue weighted by atomic mass is 10.0. The van der Waals surface area contributed by atoms with Gasteiger partial charge in [0.2, 0.25) is 0 Å². The van der Waals surface area contributed by atoms with Gasteiger partial charge in [0.25, 0.3) is 0 Å². The van der Waals surface area contributed by atoms with Gasteiger partial charge < -0.3 is 5.32 Å². The van der Waals surface area contributed by atoms with E-state index in [1.807, 2.05) is 0 Å². The zero-order chi connectivity index (χ0) is 12.2. The SMILES string of the molecule is Cc1csc(CCC(C)CNC(C)(C)C)n1. The molecule has 0 aliphatic carbocycles. The highest BCUT2D eigenvalue weighted by atomic mass is 32.1. The number of aromatic nitrogens is 1. The predicted molar refractivity (Wildman–Crippen MR) is 72.1 cm³/mol. The van der Waals surface area contributed by atoms with Crippen LogP contribution in [0.4, 0.5) is 0 Å². The van der Waals surface area contributed by atoms with Gasteiger partial charge in [-0.25, -0.2) is 4.98 Å². The van der Waals surface area contributed by atoms with Crippen LogP contribution in [0.3, 0.4) is 0 Å². The molecule has 1 aromatic rings. The Labute approximate surface area is 103 Å². The van der Waals surface area contributed by atoms with Gasteiger partial charge in [-0.05, 0) is 53.0 Å². The fourth-order valence-corrected chi connectivity index (χ4v) is 2.26. The van der Waals surface area contributed by atoms with Crippen molar-refractivity contribution in [2.24, 2.45) is 5.92 Å². The first-order chi connectivity index (χ1) is 7.37. The standard InChI is InChI=1S/C13H24N2S/c1-10(8-14-13(3,4)5)6-7-12-15-11(2)9-16-12/h9-10,14H,6-8H2,1-5H3. The zero-order valence-electron chi connectivity index (χ0n) is 11.1. The smallest absolute Gasteiger partial charge is 0.0928 e. The van der Waals surface area contributed by atoms with E-state index in [9.17, 15) is 0 Å². The van der Waals surface area contributed by atoms with Gasteiger partial charge in [-0.15, -0.1) is 11.3 Å². The van der Waals surface area contributed by atoms with E-state index in [1.165, 1.54) is 11.4 Å². The lowest BCUT2D eigenvalue weighted by molar-refractivity contribution is 0.372. The minimum atomic E-state index is 0.228. The maximum atomic E-state index is 4.49. The molecule has 1 atom stereocenters. The van der Waals surface area contributed by atoms with Crippen LogP contribution in [0.25, 0.3) is 0 Å². The number of hydrogen-bond donors (Lipinski definition) is 1. The van der Waals surface area contributed by atoms with Gasteiger partial charge in [-0.3, -0.25) is 0 Å². The molecule has 0 fully saturated rings. The van der Waals surface area contributed by atoms with Crippen LogP contribution in [0.2, 0.25) is 0 Å². The number of rotatable bonds is 5. The third-order valence-electron chi connectivity index (χ3n) is 2.50. The van der Waals surface area contributed by atoms with Crippen LogP contribution in [-0.2, 0) is 6.42 Å². The van der Waals surface area contributed by atoms with Gasteiger partial charge in [-0.1, -0.05) is 6.92 Å². The molecule has 2 nitrogen and oxygen atoms in total. The second-order valence-electron chi connectivity index (χ2n) is 5.66. The van der Waals surface area contributed by atoms with E-state index < -0.39 is 0 Å². The molecule has 1 unspecified atom stereocenters. The summed E-state index contributed by atoms with van der Waals surface area (Å²) < 4.78 is 0. The first kappa shape index (κ1) is 13.7. The summed E-state index contributed by atoms with van der Waals surface area (Å²) in [5.41, 5.74) is 1.38. The molecule has 1 heterocycles. The minimum absolute atomic E-state index is 0.228. The molecular formula is C13H24N2S. The molecule has 0 aromatic carbocycles. The van der Waals surface area contributed by atoms with Crippen LogP contribution < -0.4 is 5.32 Å². The third-order valence-corrected chi connectivity index (χ3v) is 3.52. The van der Waals surface area contributed by atoms with E-state index in [0.29, 0.717) is 5.92 Å². The first-order valence-corrected chi connectivity index (χ1v) is 6.91. The number of aryl methyl sites for hydroxylation is 2. The molecule has 1 N–H and O–H groups in total. The van der Waals surface area contributed by atoms with Crippen LogP contribution in [0.15, 0.2) is 5.38 Å². The quantitative estimate of drug-likeness (QED) is 0.853. The van der Waals surface area contributed by atoms with E-state index >= 15 is 0 Å². The van der Waals surface area contributed by atoms with Gasteiger partial charge in [-0.2, -0.15) is 0 Å². The van der Waals surface area contributed by atoms with Gasteiger partial charge >= 0.3 is 0 Å². The van der Waals surface area contributed by atoms with Gasteiger partial charge in [0, 0.05) is 16.6 Å². The van der Waals surface area contributed by atoms with Crippen molar-refractivity contribution in [1.82, 2.24) is 10.3 Å². The second kappa shape index (κ2) is 5.78. The maximum absolute atomic E-state index is 4.49. The van der Waals surface area contributed by atoms with Crippen molar-refractivity contribution in [1.29, 1.82) is 0 Å². The van der Waals surface area contributed by atoms with Gasteiger partial charge in [0.1, 0.15) is 0 Å². The topological polar surface area (TPSA) is 24.9 Å². The second-order valence-corrected chi connectivity index (χ2v) is 6.60. The fourth-order valence-electron chi connectivity index (χ4n) is 1.47. The molecule has 1 rings (SSSR count). The Morgan fingerprint density at radius 1 is 1.44 bits per heavy atom. The molecular weight excluding hydrogens is 216 g/mol. The highest BCUT2D eigenvalue weighted by Crippen LogP contribution is 2.14. The number of thiazole rings is 1. The summed E-state index contributed by atoms with van der Waals surface area (Å²) in [4.78, 5) is 4.49. The Kier molecular flexibility index (Phi) is 4.93. The monoisotopic (exact) mass is 240 g/mol. The van der Waals surface area contributed by atoms with E-state index in [1.54, 1.807) is 11.3 Å². The third kappa shape index (κ3) is 5.61. The molecule has 0 amide bonds. The Hall–Kier alpha value is -0.410. The molecule has 0 spiro atoms. The lowest BCUT2D eigenvalue weighted by Crippen LogP contribution is -2.38. The molecule has 0 aliphatic rings. The van der Waals surface area contributed by atoms with E-state index in [2.05, 4.69) is 50.3 Å². The summed E-state index contributed by atoms with van der Waals surface area (Å²) in [7, 11) is 0. The van der Waals surface area contributed by atoms with E-state index in [-0.39, 0.29) is 5.54 Å². The highest BCUT2D eigenvalue weighted by molar-refractivity contribution is 7.09. The van der Waals surface area contributed by atoms with Crippen LogP contribution in [0.1, 0.15) is 44.8 Å². The average Bonchev–Trinajstić information content (AvgIpc) is 2.57. The number of nitrogens with zero attached hydrogens (tertiary/aromatic N) is 1. The summed E-state index contributed by atoms with van der Waals surface area (Å²) in [6.45, 7) is 12.1. The summed E-state index contributed by atoms with van der Waals surface area (Å²) >= 11 is 1.78. The van der Waals surface area contributed by atoms with E-state index in [0.717, 1.165) is 18.7 Å². The molecule has 0 radical (unpaired) electrons. The van der Waals surface area contributed by atoms with Gasteiger partial charge in [0.15, 0.2) is 0 Å². The molecule has 0 aliphatic heterocycles. The van der Waals surface area contributed by atoms with E-state index in [4.69, 9.17) is 0 Å². The van der Waals surface area contributed by atoms with Crippen molar-refractivity contribution in [3.8, 4) is 0 Å². The Balaban J connectivity index is 2.22.